The summed E-state index contributed by atoms with van der Waals surface area (Å²) in [5.74, 6) is 1.00. The van der Waals surface area contributed by atoms with Gasteiger partial charge in [0.1, 0.15) is 34.2 Å². The third-order valence-corrected chi connectivity index (χ3v) is 5.74. The summed E-state index contributed by atoms with van der Waals surface area (Å²) < 4.78 is 11.2. The van der Waals surface area contributed by atoms with E-state index in [1.54, 1.807) is 0 Å². The maximum Gasteiger partial charge on any atom is 0.349 e. The number of rotatable bonds is 7. The number of hydrogen-bond donors (Lipinski definition) is 1. The fourth-order valence-electron chi connectivity index (χ4n) is 3.13. The number of ether oxygens (including phenoxy) is 2. The molecule has 6 nitrogen and oxygen atoms in total. The molecule has 0 saturated heterocycles. The Morgan fingerprint density at radius 2 is 1.83 bits per heavy atom. The Labute approximate surface area is 178 Å². The summed E-state index contributed by atoms with van der Waals surface area (Å²) in [5.41, 5.74) is 2.54. The molecule has 0 atom stereocenters. The Morgan fingerprint density at radius 3 is 2.63 bits per heavy atom. The van der Waals surface area contributed by atoms with Gasteiger partial charge in [-0.15, -0.1) is 11.3 Å². The second kappa shape index (κ2) is 8.92. The molecule has 4 aromatic rings. The third kappa shape index (κ3) is 4.11. The fraction of sp³-hybridized carbons (Fsp3) is 0.174. The largest absolute Gasteiger partial charge is 0.492 e. The maximum atomic E-state index is 12.7. The number of fused-ring (bicyclic) bond motifs is 1. The Bertz CT molecular complexity index is 1180. The highest BCUT2D eigenvalue weighted by Crippen LogP contribution is 2.36. The first-order valence-corrected chi connectivity index (χ1v) is 10.4. The molecular weight excluding hydrogens is 398 g/mol. The molecule has 0 aliphatic rings. The minimum absolute atomic E-state index is 0.228. The first-order valence-electron chi connectivity index (χ1n) is 9.61. The number of para-hydroxylation sites is 2. The average molecular weight is 420 g/mol. The van der Waals surface area contributed by atoms with E-state index in [4.69, 9.17) is 9.47 Å². The Hall–Kier alpha value is -3.45. The molecular formula is C23H21N3O3S. The van der Waals surface area contributed by atoms with Crippen LogP contribution in [0.3, 0.4) is 0 Å². The van der Waals surface area contributed by atoms with Crippen molar-refractivity contribution in [3.8, 4) is 5.75 Å². The quantitative estimate of drug-likeness (QED) is 0.399. The van der Waals surface area contributed by atoms with Gasteiger partial charge in [0, 0.05) is 0 Å². The SMILES string of the molecule is CCOc1ccccc1Nc1ncnc2sc(C(=O)OCc3ccccc3)c(C)c12. The molecule has 1 N–H and O–H groups in total. The van der Waals surface area contributed by atoms with E-state index in [1.165, 1.54) is 17.7 Å². The van der Waals surface area contributed by atoms with Crippen LogP contribution in [0, 0.1) is 6.92 Å². The fourth-order valence-corrected chi connectivity index (χ4v) is 4.17. The molecule has 4 rings (SSSR count). The molecule has 0 unspecified atom stereocenters. The highest BCUT2D eigenvalue weighted by atomic mass is 32.1. The van der Waals surface area contributed by atoms with Crippen LogP contribution in [0.1, 0.15) is 27.7 Å². The van der Waals surface area contributed by atoms with Crippen molar-refractivity contribution in [3.05, 3.63) is 76.9 Å². The summed E-state index contributed by atoms with van der Waals surface area (Å²) >= 11 is 1.31. The standard InChI is InChI=1S/C23H21N3O3S/c1-3-28-18-12-8-7-11-17(18)26-21-19-15(2)20(30-22(19)25-14-24-21)23(27)29-13-16-9-5-4-6-10-16/h4-12,14H,3,13H2,1-2H3,(H,24,25,26). The van der Waals surface area contributed by atoms with Gasteiger partial charge in [0.05, 0.1) is 17.7 Å². The van der Waals surface area contributed by atoms with Crippen molar-refractivity contribution in [3.63, 3.8) is 0 Å². The summed E-state index contributed by atoms with van der Waals surface area (Å²) in [6.45, 7) is 4.62. The van der Waals surface area contributed by atoms with Crippen LogP contribution in [-0.2, 0) is 11.3 Å². The summed E-state index contributed by atoms with van der Waals surface area (Å²) in [4.78, 5) is 22.7. The topological polar surface area (TPSA) is 73.3 Å². The van der Waals surface area contributed by atoms with Crippen LogP contribution in [0.4, 0.5) is 11.5 Å². The minimum Gasteiger partial charge on any atom is -0.492 e. The van der Waals surface area contributed by atoms with Gasteiger partial charge in [-0.1, -0.05) is 42.5 Å². The molecule has 0 saturated carbocycles. The Kier molecular flexibility index (Phi) is 5.90. The summed E-state index contributed by atoms with van der Waals surface area (Å²) in [5, 5.41) is 4.14. The molecule has 2 aromatic carbocycles. The van der Waals surface area contributed by atoms with E-state index in [2.05, 4.69) is 15.3 Å². The van der Waals surface area contributed by atoms with Crippen LogP contribution >= 0.6 is 11.3 Å². The lowest BCUT2D eigenvalue weighted by Crippen LogP contribution is -2.05. The molecule has 0 radical (unpaired) electrons. The molecule has 0 bridgehead atoms. The van der Waals surface area contributed by atoms with Gasteiger partial charge >= 0.3 is 5.97 Å². The number of esters is 1. The summed E-state index contributed by atoms with van der Waals surface area (Å²) in [6.07, 6.45) is 1.49. The zero-order valence-electron chi connectivity index (χ0n) is 16.7. The molecule has 0 amide bonds. The van der Waals surface area contributed by atoms with Crippen LogP contribution in [0.2, 0.25) is 0 Å². The number of thiophene rings is 1. The molecule has 7 heteroatoms. The average Bonchev–Trinajstić information content (AvgIpc) is 3.12. The first-order chi connectivity index (χ1) is 14.7. The van der Waals surface area contributed by atoms with Gasteiger partial charge < -0.3 is 14.8 Å². The number of benzene rings is 2. The van der Waals surface area contributed by atoms with E-state index in [-0.39, 0.29) is 12.6 Å². The highest BCUT2D eigenvalue weighted by Gasteiger charge is 2.21. The van der Waals surface area contributed by atoms with Gasteiger partial charge in [-0.05, 0) is 37.1 Å². The van der Waals surface area contributed by atoms with Gasteiger partial charge in [-0.25, -0.2) is 14.8 Å². The van der Waals surface area contributed by atoms with Crippen LogP contribution in [0.5, 0.6) is 5.75 Å². The van der Waals surface area contributed by atoms with E-state index in [1.807, 2.05) is 68.4 Å². The monoisotopic (exact) mass is 419 g/mol. The normalized spacial score (nSPS) is 10.7. The van der Waals surface area contributed by atoms with Crippen LogP contribution in [-0.4, -0.2) is 22.5 Å². The molecule has 30 heavy (non-hydrogen) atoms. The maximum absolute atomic E-state index is 12.7. The molecule has 0 fully saturated rings. The second-order valence-electron chi connectivity index (χ2n) is 6.57. The second-order valence-corrected chi connectivity index (χ2v) is 7.57. The van der Waals surface area contributed by atoms with Crippen molar-refractivity contribution in [2.24, 2.45) is 0 Å². The third-order valence-electron chi connectivity index (χ3n) is 4.56. The van der Waals surface area contributed by atoms with Crippen LogP contribution in [0.25, 0.3) is 10.2 Å². The Balaban J connectivity index is 1.62. The van der Waals surface area contributed by atoms with Gasteiger partial charge in [-0.2, -0.15) is 0 Å². The van der Waals surface area contributed by atoms with E-state index in [9.17, 15) is 4.79 Å². The Morgan fingerprint density at radius 1 is 1.07 bits per heavy atom. The molecule has 0 aliphatic heterocycles. The summed E-state index contributed by atoms with van der Waals surface area (Å²) in [7, 11) is 0. The van der Waals surface area contributed by atoms with Gasteiger partial charge in [0.15, 0.2) is 0 Å². The zero-order valence-corrected chi connectivity index (χ0v) is 17.5. The number of anilines is 2. The van der Waals surface area contributed by atoms with Gasteiger partial charge in [0.2, 0.25) is 0 Å². The van der Waals surface area contributed by atoms with Crippen LogP contribution in [0.15, 0.2) is 60.9 Å². The number of aryl methyl sites for hydroxylation is 1. The van der Waals surface area contributed by atoms with Crippen molar-refractivity contribution in [1.82, 2.24) is 9.97 Å². The number of carbonyl (C=O) groups excluding carboxylic acids is 1. The van der Waals surface area contributed by atoms with E-state index >= 15 is 0 Å². The first kappa shape index (κ1) is 19.8. The molecule has 2 heterocycles. The number of nitrogens with zero attached hydrogens (tertiary/aromatic N) is 2. The zero-order chi connectivity index (χ0) is 20.9. The van der Waals surface area contributed by atoms with Gasteiger partial charge in [-0.3, -0.25) is 0 Å². The van der Waals surface area contributed by atoms with Crippen molar-refractivity contribution in [2.45, 2.75) is 20.5 Å². The minimum atomic E-state index is -0.361. The van der Waals surface area contributed by atoms with Crippen LogP contribution < -0.4 is 10.1 Å². The summed E-state index contributed by atoms with van der Waals surface area (Å²) in [6, 6.07) is 17.3. The van der Waals surface area contributed by atoms with E-state index in [0.717, 1.165) is 32.8 Å². The number of carbonyl (C=O) groups is 1. The van der Waals surface area contributed by atoms with E-state index in [0.29, 0.717) is 17.3 Å². The molecule has 152 valence electrons. The molecule has 0 spiro atoms. The molecule has 2 aromatic heterocycles. The number of nitrogens with one attached hydrogen (secondary N) is 1. The lowest BCUT2D eigenvalue weighted by Gasteiger charge is -2.12. The smallest absolute Gasteiger partial charge is 0.349 e. The van der Waals surface area contributed by atoms with Crippen molar-refractivity contribution < 1.29 is 14.3 Å². The highest BCUT2D eigenvalue weighted by molar-refractivity contribution is 7.20. The molecule has 0 aliphatic carbocycles. The number of hydrogen-bond acceptors (Lipinski definition) is 7. The predicted molar refractivity (Wildman–Crippen MR) is 119 cm³/mol. The van der Waals surface area contributed by atoms with Crippen molar-refractivity contribution >= 4 is 39.0 Å². The lowest BCUT2D eigenvalue weighted by molar-refractivity contribution is 0.0478. The lowest BCUT2D eigenvalue weighted by atomic mass is 10.2. The predicted octanol–water partition coefficient (Wildman–Crippen LogP) is 5.50. The number of aromatic nitrogens is 2. The van der Waals surface area contributed by atoms with Crippen molar-refractivity contribution in [2.75, 3.05) is 11.9 Å². The van der Waals surface area contributed by atoms with E-state index < -0.39 is 0 Å². The van der Waals surface area contributed by atoms with Gasteiger partial charge in [0.25, 0.3) is 0 Å². The van der Waals surface area contributed by atoms with Crippen molar-refractivity contribution in [1.29, 1.82) is 0 Å².